The Balaban J connectivity index is 2.09. The summed E-state index contributed by atoms with van der Waals surface area (Å²) in [5, 5.41) is 2.78. The van der Waals surface area contributed by atoms with E-state index in [4.69, 9.17) is 9.47 Å². The molecule has 1 aromatic carbocycles. The van der Waals surface area contributed by atoms with Crippen molar-refractivity contribution in [2.75, 3.05) is 52.3 Å². The maximum Gasteiger partial charge on any atom is 0.324 e. The van der Waals surface area contributed by atoms with Gasteiger partial charge in [0.05, 0.1) is 13.2 Å². The molecule has 0 aliphatic carbocycles. The third-order valence-corrected chi connectivity index (χ3v) is 5.03. The van der Waals surface area contributed by atoms with Gasteiger partial charge in [0, 0.05) is 45.7 Å². The maximum absolute atomic E-state index is 14.0. The van der Waals surface area contributed by atoms with E-state index < -0.39 is 23.8 Å². The van der Waals surface area contributed by atoms with Crippen LogP contribution in [-0.2, 0) is 25.5 Å². The molecule has 8 heteroatoms. The number of rotatable bonds is 9. The Bertz CT molecular complexity index is 697. The van der Waals surface area contributed by atoms with E-state index in [-0.39, 0.29) is 18.7 Å². The minimum absolute atomic E-state index is 0.0422. The number of morpholine rings is 1. The van der Waals surface area contributed by atoms with E-state index in [0.717, 1.165) is 24.3 Å². The Labute approximate surface area is 178 Å². The fourth-order valence-corrected chi connectivity index (χ4v) is 3.36. The fraction of sp³-hybridized carbons (Fsp3) is 0.636. The quantitative estimate of drug-likeness (QED) is 0.611. The number of hydrogen-bond acceptors (Lipinski definition) is 6. The lowest BCUT2D eigenvalue weighted by Crippen LogP contribution is -2.45. The number of amides is 1. The van der Waals surface area contributed by atoms with Gasteiger partial charge in [-0.05, 0) is 38.6 Å². The smallest absolute Gasteiger partial charge is 0.324 e. The molecule has 0 radical (unpaired) electrons. The van der Waals surface area contributed by atoms with E-state index >= 15 is 0 Å². The van der Waals surface area contributed by atoms with Gasteiger partial charge in [0.25, 0.3) is 5.91 Å². The molecule has 1 aromatic rings. The minimum Gasteiger partial charge on any atom is -0.451 e. The summed E-state index contributed by atoms with van der Waals surface area (Å²) < 4.78 is 24.9. The van der Waals surface area contributed by atoms with E-state index in [1.807, 2.05) is 24.3 Å². The molecule has 30 heavy (non-hydrogen) atoms. The summed E-state index contributed by atoms with van der Waals surface area (Å²) in [6.45, 7) is 5.91. The number of carbonyl (C=O) groups excluding carboxylic acids is 2. The van der Waals surface area contributed by atoms with Crippen LogP contribution in [0.2, 0.25) is 0 Å². The SMILES string of the molecule is CN[C@@H](CC(C)(C)F)C(=O)O[C@H](Cc1ccc(N2CCOCC2)cc1)C(=O)N(C)C. The fourth-order valence-electron chi connectivity index (χ4n) is 3.36. The number of nitrogens with zero attached hydrogens (tertiary/aromatic N) is 2. The molecule has 1 amide bonds. The Hall–Kier alpha value is -2.19. The van der Waals surface area contributed by atoms with Gasteiger partial charge in [-0.2, -0.15) is 0 Å². The van der Waals surface area contributed by atoms with Gasteiger partial charge < -0.3 is 24.6 Å². The first-order chi connectivity index (χ1) is 14.1. The summed E-state index contributed by atoms with van der Waals surface area (Å²) >= 11 is 0. The van der Waals surface area contributed by atoms with Gasteiger partial charge in [-0.1, -0.05) is 12.1 Å². The second-order valence-corrected chi connectivity index (χ2v) is 8.39. The van der Waals surface area contributed by atoms with Crippen molar-refractivity contribution in [3.8, 4) is 0 Å². The first-order valence-corrected chi connectivity index (χ1v) is 10.3. The highest BCUT2D eigenvalue weighted by atomic mass is 19.1. The van der Waals surface area contributed by atoms with Crippen molar-refractivity contribution in [3.05, 3.63) is 29.8 Å². The van der Waals surface area contributed by atoms with Crippen LogP contribution < -0.4 is 10.2 Å². The van der Waals surface area contributed by atoms with E-state index in [1.165, 1.54) is 18.7 Å². The molecule has 168 valence electrons. The molecule has 1 N–H and O–H groups in total. The first-order valence-electron chi connectivity index (χ1n) is 10.3. The number of benzene rings is 1. The summed E-state index contributed by atoms with van der Waals surface area (Å²) in [5.41, 5.74) is 0.435. The normalized spacial score (nSPS) is 16.7. The molecular weight excluding hydrogens is 389 g/mol. The van der Waals surface area contributed by atoms with Crippen molar-refractivity contribution >= 4 is 17.6 Å². The summed E-state index contributed by atoms with van der Waals surface area (Å²) in [6.07, 6.45) is -0.763. The Morgan fingerprint density at radius 3 is 2.33 bits per heavy atom. The summed E-state index contributed by atoms with van der Waals surface area (Å²) in [6, 6.07) is 7.05. The monoisotopic (exact) mass is 423 g/mol. The molecule has 2 atom stereocenters. The van der Waals surface area contributed by atoms with Crippen LogP contribution in [0.15, 0.2) is 24.3 Å². The summed E-state index contributed by atoms with van der Waals surface area (Å²) in [7, 11) is 4.81. The van der Waals surface area contributed by atoms with Crippen LogP contribution in [0.5, 0.6) is 0 Å². The molecule has 2 rings (SSSR count). The first kappa shape index (κ1) is 24.1. The van der Waals surface area contributed by atoms with Gasteiger partial charge in [0.1, 0.15) is 11.7 Å². The zero-order valence-corrected chi connectivity index (χ0v) is 18.6. The zero-order chi connectivity index (χ0) is 22.3. The predicted molar refractivity (Wildman–Crippen MR) is 114 cm³/mol. The van der Waals surface area contributed by atoms with Crippen LogP contribution in [0, 0.1) is 0 Å². The van der Waals surface area contributed by atoms with E-state index in [1.54, 1.807) is 21.1 Å². The number of nitrogens with one attached hydrogen (secondary N) is 1. The molecule has 7 nitrogen and oxygen atoms in total. The van der Waals surface area contributed by atoms with Crippen LogP contribution in [0.3, 0.4) is 0 Å². The third kappa shape index (κ3) is 7.25. The van der Waals surface area contributed by atoms with Gasteiger partial charge in [-0.15, -0.1) is 0 Å². The predicted octanol–water partition coefficient (Wildman–Crippen LogP) is 1.79. The molecule has 1 heterocycles. The van der Waals surface area contributed by atoms with E-state index in [0.29, 0.717) is 13.2 Å². The number of likely N-dealkylation sites (N-methyl/N-ethyl adjacent to an activating group) is 2. The van der Waals surface area contributed by atoms with Crippen LogP contribution >= 0.6 is 0 Å². The van der Waals surface area contributed by atoms with Crippen LogP contribution in [0.1, 0.15) is 25.8 Å². The van der Waals surface area contributed by atoms with Gasteiger partial charge in [-0.25, -0.2) is 4.39 Å². The van der Waals surface area contributed by atoms with Crippen molar-refractivity contribution in [1.29, 1.82) is 0 Å². The number of ether oxygens (including phenoxy) is 2. The molecule has 0 spiro atoms. The van der Waals surface area contributed by atoms with Gasteiger partial charge in [-0.3, -0.25) is 9.59 Å². The lowest BCUT2D eigenvalue weighted by Gasteiger charge is -2.29. The molecule has 1 aliphatic rings. The number of anilines is 1. The molecular formula is C22H34FN3O4. The van der Waals surface area contributed by atoms with E-state index in [9.17, 15) is 14.0 Å². The largest absolute Gasteiger partial charge is 0.451 e. The van der Waals surface area contributed by atoms with Crippen molar-refractivity contribution in [3.63, 3.8) is 0 Å². The highest BCUT2D eigenvalue weighted by Gasteiger charge is 2.32. The number of esters is 1. The van der Waals surface area contributed by atoms with Gasteiger partial charge in [0.2, 0.25) is 0 Å². The number of carbonyl (C=O) groups is 2. The highest BCUT2D eigenvalue weighted by Crippen LogP contribution is 2.20. The van der Waals surface area contributed by atoms with Crippen molar-refractivity contribution in [1.82, 2.24) is 10.2 Å². The van der Waals surface area contributed by atoms with Crippen molar-refractivity contribution < 1.29 is 23.5 Å². The molecule has 0 bridgehead atoms. The highest BCUT2D eigenvalue weighted by molar-refractivity contribution is 5.85. The Morgan fingerprint density at radius 2 is 1.83 bits per heavy atom. The van der Waals surface area contributed by atoms with Crippen molar-refractivity contribution in [2.24, 2.45) is 0 Å². The van der Waals surface area contributed by atoms with E-state index in [2.05, 4.69) is 10.2 Å². The number of halogens is 1. The maximum atomic E-state index is 14.0. The second kappa shape index (κ2) is 10.7. The topological polar surface area (TPSA) is 71.1 Å². The molecule has 0 saturated carbocycles. The van der Waals surface area contributed by atoms with Crippen LogP contribution in [-0.4, -0.2) is 82.0 Å². The average molecular weight is 424 g/mol. The lowest BCUT2D eigenvalue weighted by atomic mass is 10.0. The lowest BCUT2D eigenvalue weighted by molar-refractivity contribution is -0.161. The Kier molecular flexibility index (Phi) is 8.61. The molecule has 1 aliphatic heterocycles. The molecule has 0 aromatic heterocycles. The second-order valence-electron chi connectivity index (χ2n) is 8.39. The van der Waals surface area contributed by atoms with Crippen LogP contribution in [0.25, 0.3) is 0 Å². The molecule has 1 saturated heterocycles. The molecule has 0 unspecified atom stereocenters. The van der Waals surface area contributed by atoms with Crippen molar-refractivity contribution in [2.45, 2.75) is 44.5 Å². The summed E-state index contributed by atoms with van der Waals surface area (Å²) in [4.78, 5) is 28.9. The number of hydrogen-bond donors (Lipinski definition) is 1. The third-order valence-electron chi connectivity index (χ3n) is 5.03. The van der Waals surface area contributed by atoms with Gasteiger partial charge in [0.15, 0.2) is 6.10 Å². The Morgan fingerprint density at radius 1 is 1.23 bits per heavy atom. The van der Waals surface area contributed by atoms with Crippen LogP contribution in [0.4, 0.5) is 10.1 Å². The molecule has 1 fully saturated rings. The average Bonchev–Trinajstić information content (AvgIpc) is 2.71. The minimum atomic E-state index is -1.54. The number of alkyl halides is 1. The summed E-state index contributed by atoms with van der Waals surface area (Å²) in [5.74, 6) is -0.941. The van der Waals surface area contributed by atoms with Gasteiger partial charge >= 0.3 is 5.97 Å². The zero-order valence-electron chi connectivity index (χ0n) is 18.6. The standard InChI is InChI=1S/C22H34FN3O4/c1-22(2,23)15-18(24-3)21(28)30-19(20(27)25(4)5)14-16-6-8-17(9-7-16)26-10-12-29-13-11-26/h6-9,18-19,24H,10-15H2,1-5H3/t18-,19+/m0/s1.